The fourth-order valence-corrected chi connectivity index (χ4v) is 2.67. The highest BCUT2D eigenvalue weighted by atomic mass is 16.5. The Bertz CT molecular complexity index is 456. The summed E-state index contributed by atoms with van der Waals surface area (Å²) in [6.07, 6.45) is 12.1. The average molecular weight is 319 g/mol. The number of hydrogen-bond donors (Lipinski definition) is 0. The molecule has 0 aromatic rings. The molecule has 1 aliphatic carbocycles. The van der Waals surface area contributed by atoms with Crippen molar-refractivity contribution in [2.75, 3.05) is 26.2 Å². The summed E-state index contributed by atoms with van der Waals surface area (Å²) >= 11 is 0. The molecule has 3 heteroatoms. The first kappa shape index (κ1) is 19.9. The van der Waals surface area contributed by atoms with Crippen molar-refractivity contribution >= 4 is 5.78 Å². The van der Waals surface area contributed by atoms with Crippen LogP contribution < -0.4 is 0 Å². The minimum Gasteiger partial charge on any atom is -0.366 e. The maximum atomic E-state index is 12.1. The van der Waals surface area contributed by atoms with Gasteiger partial charge in [-0.2, -0.15) is 0 Å². The van der Waals surface area contributed by atoms with Gasteiger partial charge in [0, 0.05) is 18.0 Å². The van der Waals surface area contributed by atoms with Crippen LogP contribution in [0, 0.1) is 5.92 Å². The van der Waals surface area contributed by atoms with Gasteiger partial charge in [-0.25, -0.2) is 0 Å². The molecule has 1 rings (SSSR count). The lowest BCUT2D eigenvalue weighted by atomic mass is 10.00. The van der Waals surface area contributed by atoms with E-state index in [0.717, 1.165) is 25.2 Å². The topological polar surface area (TPSA) is 29.5 Å². The lowest BCUT2D eigenvalue weighted by Crippen LogP contribution is -2.33. The second kappa shape index (κ2) is 9.84. The van der Waals surface area contributed by atoms with E-state index in [1.54, 1.807) is 0 Å². The van der Waals surface area contributed by atoms with Gasteiger partial charge in [0.15, 0.2) is 5.78 Å². The van der Waals surface area contributed by atoms with E-state index in [2.05, 4.69) is 18.7 Å². The molecule has 0 spiro atoms. The summed E-state index contributed by atoms with van der Waals surface area (Å²) < 4.78 is 6.10. The van der Waals surface area contributed by atoms with Crippen LogP contribution >= 0.6 is 0 Å². The second-order valence-corrected chi connectivity index (χ2v) is 6.71. The number of ether oxygens (including phenoxy) is 1. The van der Waals surface area contributed by atoms with Crippen molar-refractivity contribution in [2.45, 2.75) is 53.1 Å². The number of carbonyl (C=O) groups is 1. The Kier molecular flexibility index (Phi) is 8.49. The van der Waals surface area contributed by atoms with Crippen molar-refractivity contribution in [1.29, 1.82) is 0 Å². The number of rotatable bonds is 10. The van der Waals surface area contributed by atoms with Gasteiger partial charge in [-0.1, -0.05) is 45.9 Å². The van der Waals surface area contributed by atoms with Crippen LogP contribution in [0.15, 0.2) is 36.0 Å². The van der Waals surface area contributed by atoms with Gasteiger partial charge in [-0.3, -0.25) is 4.79 Å². The zero-order chi connectivity index (χ0) is 17.3. The third-order valence-electron chi connectivity index (χ3n) is 4.01. The number of carbonyl (C=O) groups excluding carboxylic acids is 1. The molecular formula is C20H33NO2. The van der Waals surface area contributed by atoms with Gasteiger partial charge in [-0.15, -0.1) is 0 Å². The highest BCUT2D eigenvalue weighted by Crippen LogP contribution is 2.20. The summed E-state index contributed by atoms with van der Waals surface area (Å²) in [4.78, 5) is 14.6. The molecule has 130 valence electrons. The predicted octanol–water partition coefficient (Wildman–Crippen LogP) is 4.16. The van der Waals surface area contributed by atoms with Crippen molar-refractivity contribution in [2.24, 2.45) is 5.92 Å². The lowest BCUT2D eigenvalue weighted by molar-refractivity contribution is -0.117. The molecule has 0 aliphatic heterocycles. The molecule has 0 amide bonds. The zero-order valence-electron chi connectivity index (χ0n) is 15.5. The standard InChI is InChI=1S/C20H33NO2/c1-6-13-21(14-7-2)15-16-23-20(5)11-8-9-18(10-12-20)19(22)17(3)4/h8-12,17H,6-7,13-16H2,1-5H3. The van der Waals surface area contributed by atoms with E-state index in [0.29, 0.717) is 6.61 Å². The number of Topliss-reactive ketones (excluding diaryl/α,β-unsaturated/α-hetero) is 1. The predicted molar refractivity (Wildman–Crippen MR) is 97.6 cm³/mol. The highest BCUT2D eigenvalue weighted by molar-refractivity contribution is 5.99. The summed E-state index contributed by atoms with van der Waals surface area (Å²) in [5.41, 5.74) is 0.307. The van der Waals surface area contributed by atoms with Crippen molar-refractivity contribution in [1.82, 2.24) is 4.90 Å². The Morgan fingerprint density at radius 1 is 1.17 bits per heavy atom. The number of allylic oxidation sites excluding steroid dienone is 4. The molecule has 0 saturated carbocycles. The van der Waals surface area contributed by atoms with E-state index in [-0.39, 0.29) is 11.7 Å². The molecule has 1 unspecified atom stereocenters. The quantitative estimate of drug-likeness (QED) is 0.605. The molecule has 0 saturated heterocycles. The molecule has 0 fully saturated rings. The Hall–Kier alpha value is -1.19. The summed E-state index contributed by atoms with van der Waals surface area (Å²) in [6, 6.07) is 0. The third-order valence-corrected chi connectivity index (χ3v) is 4.01. The average Bonchev–Trinajstić information content (AvgIpc) is 2.69. The molecule has 0 radical (unpaired) electrons. The molecule has 1 aliphatic rings. The van der Waals surface area contributed by atoms with Crippen LogP contribution in [-0.2, 0) is 9.53 Å². The van der Waals surface area contributed by atoms with E-state index in [9.17, 15) is 4.79 Å². The molecule has 0 aromatic carbocycles. The van der Waals surface area contributed by atoms with Gasteiger partial charge >= 0.3 is 0 Å². The van der Waals surface area contributed by atoms with E-state index in [1.807, 2.05) is 51.2 Å². The van der Waals surface area contributed by atoms with Gasteiger partial charge in [-0.05, 0) is 45.0 Å². The fourth-order valence-electron chi connectivity index (χ4n) is 2.67. The van der Waals surface area contributed by atoms with Gasteiger partial charge in [0.1, 0.15) is 5.60 Å². The molecule has 1 atom stereocenters. The largest absolute Gasteiger partial charge is 0.366 e. The summed E-state index contributed by atoms with van der Waals surface area (Å²) in [5.74, 6) is 0.188. The van der Waals surface area contributed by atoms with Gasteiger partial charge in [0.2, 0.25) is 0 Å². The smallest absolute Gasteiger partial charge is 0.165 e. The molecule has 23 heavy (non-hydrogen) atoms. The Balaban J connectivity index is 2.58. The first-order valence-electron chi connectivity index (χ1n) is 8.91. The van der Waals surface area contributed by atoms with Crippen molar-refractivity contribution in [3.05, 3.63) is 36.0 Å². The van der Waals surface area contributed by atoms with E-state index in [4.69, 9.17) is 4.74 Å². The summed E-state index contributed by atoms with van der Waals surface area (Å²) in [6.45, 7) is 14.2. The Labute approximate surface area is 142 Å². The van der Waals surface area contributed by atoms with Crippen LogP contribution in [0.4, 0.5) is 0 Å². The van der Waals surface area contributed by atoms with Gasteiger partial charge in [0.05, 0.1) is 6.61 Å². The molecular weight excluding hydrogens is 286 g/mol. The normalized spacial score (nSPS) is 20.9. The number of ketones is 1. The zero-order valence-corrected chi connectivity index (χ0v) is 15.5. The lowest BCUT2D eigenvalue weighted by Gasteiger charge is -2.26. The SMILES string of the molecule is CCCN(CCC)CCOC1(C)C=CC=C(C(=O)C(C)C)C=C1. The molecule has 0 heterocycles. The summed E-state index contributed by atoms with van der Waals surface area (Å²) in [7, 11) is 0. The van der Waals surface area contributed by atoms with E-state index >= 15 is 0 Å². The van der Waals surface area contributed by atoms with Crippen LogP contribution in [0.1, 0.15) is 47.5 Å². The van der Waals surface area contributed by atoms with Crippen LogP contribution in [0.3, 0.4) is 0 Å². The Morgan fingerprint density at radius 2 is 1.83 bits per heavy atom. The molecule has 0 aromatic heterocycles. The van der Waals surface area contributed by atoms with Gasteiger partial charge in [0.25, 0.3) is 0 Å². The molecule has 0 N–H and O–H groups in total. The van der Waals surface area contributed by atoms with E-state index < -0.39 is 5.60 Å². The molecule has 0 bridgehead atoms. The first-order chi connectivity index (χ1) is 10.9. The number of nitrogens with zero attached hydrogens (tertiary/aromatic N) is 1. The van der Waals surface area contributed by atoms with Crippen LogP contribution in [-0.4, -0.2) is 42.5 Å². The third kappa shape index (κ3) is 6.84. The van der Waals surface area contributed by atoms with Crippen molar-refractivity contribution in [3.63, 3.8) is 0 Å². The minimum atomic E-state index is -0.445. The number of hydrogen-bond acceptors (Lipinski definition) is 3. The molecule has 3 nitrogen and oxygen atoms in total. The maximum Gasteiger partial charge on any atom is 0.165 e. The minimum absolute atomic E-state index is 0.0150. The van der Waals surface area contributed by atoms with Gasteiger partial charge < -0.3 is 9.64 Å². The van der Waals surface area contributed by atoms with Crippen molar-refractivity contribution < 1.29 is 9.53 Å². The van der Waals surface area contributed by atoms with Crippen molar-refractivity contribution in [3.8, 4) is 0 Å². The second-order valence-electron chi connectivity index (χ2n) is 6.71. The van der Waals surface area contributed by atoms with Crippen LogP contribution in [0.2, 0.25) is 0 Å². The Morgan fingerprint density at radius 3 is 2.39 bits per heavy atom. The van der Waals surface area contributed by atoms with Crippen LogP contribution in [0.25, 0.3) is 0 Å². The fraction of sp³-hybridized carbons (Fsp3) is 0.650. The maximum absolute atomic E-state index is 12.1. The highest BCUT2D eigenvalue weighted by Gasteiger charge is 2.21. The van der Waals surface area contributed by atoms with Crippen LogP contribution in [0.5, 0.6) is 0 Å². The monoisotopic (exact) mass is 319 g/mol. The van der Waals surface area contributed by atoms with E-state index in [1.165, 1.54) is 12.8 Å². The first-order valence-corrected chi connectivity index (χ1v) is 8.91. The summed E-state index contributed by atoms with van der Waals surface area (Å²) in [5, 5.41) is 0.